The number of halogens is 1. The third-order valence-corrected chi connectivity index (χ3v) is 3.67. The normalized spacial score (nSPS) is 19.8. The van der Waals surface area contributed by atoms with Gasteiger partial charge in [-0.3, -0.25) is 9.88 Å². The van der Waals surface area contributed by atoms with Gasteiger partial charge in [0, 0.05) is 30.9 Å². The molecule has 1 aromatic rings. The highest BCUT2D eigenvalue weighted by Crippen LogP contribution is 2.29. The Morgan fingerprint density at radius 1 is 1.39 bits per heavy atom. The lowest BCUT2D eigenvalue weighted by Crippen LogP contribution is -2.55. The maximum Gasteiger partial charge on any atom is 0.141 e. The summed E-state index contributed by atoms with van der Waals surface area (Å²) >= 11 is 0. The number of ether oxygens (including phenoxy) is 1. The standard InChI is InChI=1S/C13H20FN3O/c1-13(2,17-3-5-18-6-4-17)12(15)10-7-11(14)9-16-8-10/h7-9,12H,3-6,15H2,1-2H3. The van der Waals surface area contributed by atoms with Crippen molar-refractivity contribution in [2.24, 2.45) is 5.73 Å². The molecule has 1 aliphatic rings. The van der Waals surface area contributed by atoms with Crippen molar-refractivity contribution in [2.45, 2.75) is 25.4 Å². The van der Waals surface area contributed by atoms with Gasteiger partial charge in [0.25, 0.3) is 0 Å². The van der Waals surface area contributed by atoms with Crippen LogP contribution in [-0.4, -0.2) is 41.7 Å². The van der Waals surface area contributed by atoms with Gasteiger partial charge in [-0.1, -0.05) is 0 Å². The van der Waals surface area contributed by atoms with E-state index in [4.69, 9.17) is 10.5 Å². The van der Waals surface area contributed by atoms with E-state index < -0.39 is 0 Å². The van der Waals surface area contributed by atoms with Crippen LogP contribution in [0.3, 0.4) is 0 Å². The third kappa shape index (κ3) is 2.68. The molecule has 1 fully saturated rings. The Balaban J connectivity index is 2.17. The van der Waals surface area contributed by atoms with E-state index in [0.29, 0.717) is 0 Å². The first-order valence-electron chi connectivity index (χ1n) is 6.20. The second-order valence-corrected chi connectivity index (χ2v) is 5.17. The number of morpholine rings is 1. The number of nitrogens with two attached hydrogens (primary N) is 1. The summed E-state index contributed by atoms with van der Waals surface area (Å²) in [5.41, 5.74) is 6.76. The summed E-state index contributed by atoms with van der Waals surface area (Å²) in [5, 5.41) is 0. The molecule has 2 rings (SSSR count). The van der Waals surface area contributed by atoms with Crippen molar-refractivity contribution >= 4 is 0 Å². The largest absolute Gasteiger partial charge is 0.379 e. The molecular formula is C13H20FN3O. The zero-order valence-electron chi connectivity index (χ0n) is 10.9. The topological polar surface area (TPSA) is 51.4 Å². The zero-order valence-corrected chi connectivity index (χ0v) is 10.9. The predicted molar refractivity (Wildman–Crippen MR) is 67.6 cm³/mol. The first kappa shape index (κ1) is 13.4. The van der Waals surface area contributed by atoms with E-state index in [1.807, 2.05) is 0 Å². The van der Waals surface area contributed by atoms with E-state index in [9.17, 15) is 4.39 Å². The maximum absolute atomic E-state index is 13.2. The van der Waals surface area contributed by atoms with Gasteiger partial charge >= 0.3 is 0 Å². The van der Waals surface area contributed by atoms with Crippen LogP contribution < -0.4 is 5.73 Å². The van der Waals surface area contributed by atoms with Crippen LogP contribution >= 0.6 is 0 Å². The smallest absolute Gasteiger partial charge is 0.141 e. The number of hydrogen-bond acceptors (Lipinski definition) is 4. The van der Waals surface area contributed by atoms with E-state index in [1.54, 1.807) is 6.20 Å². The van der Waals surface area contributed by atoms with Gasteiger partial charge in [-0.25, -0.2) is 4.39 Å². The Labute approximate surface area is 107 Å². The number of rotatable bonds is 3. The summed E-state index contributed by atoms with van der Waals surface area (Å²) in [6.07, 6.45) is 2.83. The molecular weight excluding hydrogens is 233 g/mol. The molecule has 4 nitrogen and oxygen atoms in total. The van der Waals surface area contributed by atoms with Crippen LogP contribution in [0.25, 0.3) is 0 Å². The number of hydrogen-bond donors (Lipinski definition) is 1. The highest BCUT2D eigenvalue weighted by Gasteiger charge is 2.35. The predicted octanol–water partition coefficient (Wildman–Crippen LogP) is 1.33. The van der Waals surface area contributed by atoms with E-state index >= 15 is 0 Å². The van der Waals surface area contributed by atoms with Crippen molar-refractivity contribution in [3.63, 3.8) is 0 Å². The van der Waals surface area contributed by atoms with Crippen molar-refractivity contribution in [1.29, 1.82) is 0 Å². The quantitative estimate of drug-likeness (QED) is 0.883. The number of nitrogens with zero attached hydrogens (tertiary/aromatic N) is 2. The Morgan fingerprint density at radius 2 is 2.06 bits per heavy atom. The van der Waals surface area contributed by atoms with Gasteiger partial charge in [-0.05, 0) is 25.5 Å². The first-order valence-corrected chi connectivity index (χ1v) is 6.20. The molecule has 2 heterocycles. The highest BCUT2D eigenvalue weighted by molar-refractivity contribution is 5.19. The second-order valence-electron chi connectivity index (χ2n) is 5.17. The minimum atomic E-state index is -0.347. The van der Waals surface area contributed by atoms with Crippen molar-refractivity contribution in [2.75, 3.05) is 26.3 Å². The Bertz CT molecular complexity index is 405. The number of pyridine rings is 1. The molecule has 1 unspecified atom stereocenters. The lowest BCUT2D eigenvalue weighted by Gasteiger charge is -2.44. The summed E-state index contributed by atoms with van der Waals surface area (Å²) in [4.78, 5) is 6.15. The monoisotopic (exact) mass is 253 g/mol. The van der Waals surface area contributed by atoms with Crippen LogP contribution in [-0.2, 0) is 4.74 Å². The van der Waals surface area contributed by atoms with Crippen LogP contribution in [0, 0.1) is 5.82 Å². The minimum Gasteiger partial charge on any atom is -0.379 e. The molecule has 18 heavy (non-hydrogen) atoms. The molecule has 1 aromatic heterocycles. The molecule has 2 N–H and O–H groups in total. The molecule has 5 heteroatoms. The third-order valence-electron chi connectivity index (χ3n) is 3.67. The summed E-state index contributed by atoms with van der Waals surface area (Å²) < 4.78 is 18.6. The van der Waals surface area contributed by atoms with Crippen LogP contribution in [0.15, 0.2) is 18.5 Å². The molecule has 1 saturated heterocycles. The van der Waals surface area contributed by atoms with Gasteiger partial charge in [0.1, 0.15) is 5.82 Å². The van der Waals surface area contributed by atoms with Crippen LogP contribution in [0.5, 0.6) is 0 Å². The fourth-order valence-corrected chi connectivity index (χ4v) is 2.34. The Hall–Kier alpha value is -1.04. The molecule has 0 radical (unpaired) electrons. The van der Waals surface area contributed by atoms with Crippen molar-refractivity contribution < 1.29 is 9.13 Å². The van der Waals surface area contributed by atoms with E-state index in [1.165, 1.54) is 12.3 Å². The summed E-state index contributed by atoms with van der Waals surface area (Å²) in [6, 6.07) is 1.18. The van der Waals surface area contributed by atoms with Crippen molar-refractivity contribution in [3.8, 4) is 0 Å². The van der Waals surface area contributed by atoms with Gasteiger partial charge < -0.3 is 10.5 Å². The van der Waals surface area contributed by atoms with Crippen LogP contribution in [0.4, 0.5) is 4.39 Å². The summed E-state index contributed by atoms with van der Waals surface area (Å²) in [7, 11) is 0. The molecule has 0 aromatic carbocycles. The molecule has 0 spiro atoms. The average molecular weight is 253 g/mol. The molecule has 0 bridgehead atoms. The fourth-order valence-electron chi connectivity index (χ4n) is 2.34. The summed E-state index contributed by atoms with van der Waals surface area (Å²) in [5.74, 6) is -0.347. The lowest BCUT2D eigenvalue weighted by molar-refractivity contribution is -0.0191. The van der Waals surface area contributed by atoms with E-state index in [0.717, 1.165) is 31.9 Å². The highest BCUT2D eigenvalue weighted by atomic mass is 19.1. The molecule has 100 valence electrons. The van der Waals surface area contributed by atoms with Gasteiger partial charge in [0.15, 0.2) is 0 Å². The van der Waals surface area contributed by atoms with Crippen molar-refractivity contribution in [3.05, 3.63) is 29.8 Å². The minimum absolute atomic E-state index is 0.251. The molecule has 0 amide bonds. The van der Waals surface area contributed by atoms with Gasteiger partial charge in [0.2, 0.25) is 0 Å². The van der Waals surface area contributed by atoms with E-state index in [-0.39, 0.29) is 17.4 Å². The average Bonchev–Trinajstić information content (AvgIpc) is 2.39. The zero-order chi connectivity index (χ0) is 13.2. The van der Waals surface area contributed by atoms with Crippen LogP contribution in [0.1, 0.15) is 25.5 Å². The SMILES string of the molecule is CC(C)(C(N)c1cncc(F)c1)N1CCOCC1. The Morgan fingerprint density at radius 3 is 2.67 bits per heavy atom. The van der Waals surface area contributed by atoms with E-state index in [2.05, 4.69) is 23.7 Å². The fraction of sp³-hybridized carbons (Fsp3) is 0.615. The molecule has 0 aliphatic carbocycles. The van der Waals surface area contributed by atoms with Gasteiger partial charge in [-0.2, -0.15) is 0 Å². The second kappa shape index (κ2) is 5.30. The van der Waals surface area contributed by atoms with Crippen molar-refractivity contribution in [1.82, 2.24) is 9.88 Å². The van der Waals surface area contributed by atoms with Gasteiger partial charge in [0.05, 0.1) is 19.4 Å². The lowest BCUT2D eigenvalue weighted by atomic mass is 9.88. The molecule has 1 aliphatic heterocycles. The number of aromatic nitrogens is 1. The van der Waals surface area contributed by atoms with Crippen LogP contribution in [0.2, 0.25) is 0 Å². The maximum atomic E-state index is 13.2. The molecule has 0 saturated carbocycles. The molecule has 1 atom stereocenters. The summed E-state index contributed by atoms with van der Waals surface area (Å²) in [6.45, 7) is 7.30. The Kier molecular flexibility index (Phi) is 3.94. The van der Waals surface area contributed by atoms with Gasteiger partial charge in [-0.15, -0.1) is 0 Å². The first-order chi connectivity index (χ1) is 8.51.